The first-order valence-corrected chi connectivity index (χ1v) is 14.4. The summed E-state index contributed by atoms with van der Waals surface area (Å²) in [7, 11) is 0. The number of thiocarbonyl (C=S) groups is 1. The maximum absolute atomic E-state index is 13.2. The second-order valence-electron chi connectivity index (χ2n) is 9.66. The van der Waals surface area contributed by atoms with Crippen molar-refractivity contribution in [2.75, 3.05) is 13.1 Å². The predicted octanol–water partition coefficient (Wildman–Crippen LogP) is 6.66. The summed E-state index contributed by atoms with van der Waals surface area (Å²) in [5, 5.41) is 13.2. The van der Waals surface area contributed by atoms with Gasteiger partial charge in [0.2, 0.25) is 5.91 Å². The number of thioether (sulfide) groups is 1. The van der Waals surface area contributed by atoms with Crippen LogP contribution in [0, 0.1) is 11.8 Å². The van der Waals surface area contributed by atoms with E-state index in [1.54, 1.807) is 0 Å². The zero-order valence-electron chi connectivity index (χ0n) is 21.0. The Balaban J connectivity index is 1.41. The molecule has 2 aliphatic rings. The van der Waals surface area contributed by atoms with Crippen LogP contribution in [0.1, 0.15) is 41.7 Å². The Morgan fingerprint density at radius 2 is 1.61 bits per heavy atom. The van der Waals surface area contributed by atoms with Gasteiger partial charge in [-0.2, -0.15) is 26.3 Å². The molecule has 2 aromatic rings. The minimum absolute atomic E-state index is 0.0577. The van der Waals surface area contributed by atoms with Crippen LogP contribution in [-0.4, -0.2) is 45.2 Å². The molecular formula is C26H22F6N2O4S3. The van der Waals surface area contributed by atoms with Crippen molar-refractivity contribution in [2.45, 2.75) is 38.0 Å². The van der Waals surface area contributed by atoms with Crippen molar-refractivity contribution in [3.63, 3.8) is 0 Å². The van der Waals surface area contributed by atoms with Crippen molar-refractivity contribution < 1.29 is 45.8 Å². The molecule has 15 heteroatoms. The summed E-state index contributed by atoms with van der Waals surface area (Å²) in [4.78, 5) is 38.1. The minimum Gasteiger partial charge on any atom is -0.481 e. The number of carboxylic acids is 1. The van der Waals surface area contributed by atoms with Crippen LogP contribution in [0.3, 0.4) is 0 Å². The van der Waals surface area contributed by atoms with E-state index in [1.807, 2.05) is 0 Å². The largest absolute Gasteiger partial charge is 0.481 e. The van der Waals surface area contributed by atoms with E-state index < -0.39 is 41.3 Å². The van der Waals surface area contributed by atoms with Gasteiger partial charge in [0.05, 0.1) is 21.9 Å². The number of hydrogen-bond acceptors (Lipinski definition) is 6. The maximum Gasteiger partial charge on any atom is 0.416 e. The number of halogens is 6. The highest BCUT2D eigenvalue weighted by atomic mass is 32.2. The monoisotopic (exact) mass is 636 g/mol. The average Bonchev–Trinajstić information content (AvgIpc) is 3.46. The van der Waals surface area contributed by atoms with Gasteiger partial charge in [-0.1, -0.05) is 24.0 Å². The molecule has 1 aromatic heterocycles. The molecule has 1 saturated carbocycles. The van der Waals surface area contributed by atoms with Gasteiger partial charge in [0.1, 0.15) is 10.9 Å². The first-order chi connectivity index (χ1) is 19.1. The number of aliphatic carboxylic acids is 1. The van der Waals surface area contributed by atoms with Crippen molar-refractivity contribution in [1.82, 2.24) is 10.2 Å². The van der Waals surface area contributed by atoms with Gasteiger partial charge in [0.25, 0.3) is 5.91 Å². The summed E-state index contributed by atoms with van der Waals surface area (Å²) >= 11 is 7.18. The topological polar surface area (TPSA) is 86.7 Å². The van der Waals surface area contributed by atoms with Crippen LogP contribution in [0.25, 0.3) is 17.2 Å². The number of rotatable bonds is 7. The fraction of sp³-hybridized carbons (Fsp3) is 0.385. The van der Waals surface area contributed by atoms with Crippen LogP contribution in [0.4, 0.5) is 26.3 Å². The molecule has 2 amide bonds. The summed E-state index contributed by atoms with van der Waals surface area (Å²) in [6.45, 7) is 0.0198. The molecule has 2 fully saturated rings. The van der Waals surface area contributed by atoms with Crippen LogP contribution >= 0.6 is 35.3 Å². The minimum atomic E-state index is -4.98. The number of benzene rings is 1. The smallest absolute Gasteiger partial charge is 0.416 e. The van der Waals surface area contributed by atoms with E-state index in [4.69, 9.17) is 17.3 Å². The molecule has 0 bridgehead atoms. The molecular weight excluding hydrogens is 614 g/mol. The quantitative estimate of drug-likeness (QED) is 0.201. The molecule has 0 atom stereocenters. The number of amides is 2. The molecule has 220 valence electrons. The zero-order chi connectivity index (χ0) is 30.1. The average molecular weight is 637 g/mol. The van der Waals surface area contributed by atoms with E-state index >= 15 is 0 Å². The van der Waals surface area contributed by atoms with E-state index in [2.05, 4.69) is 5.32 Å². The standard InChI is InChI=1S/C26H22F6N2O4S3/c27-25(28,29)17-5-15(6-18(8-17)26(30,31)32)16-7-19(40-12-16)9-20-22(36)34(24(39)41-20)11-21(35)33-10-13-1-3-14(4-2-13)23(37)38/h5-9,12-14H,1-4,10-11H2,(H,33,35)(H,37,38)/b20-9-. The molecule has 0 radical (unpaired) electrons. The molecule has 4 rings (SSSR count). The number of hydrogen-bond donors (Lipinski definition) is 2. The molecule has 0 unspecified atom stereocenters. The molecule has 41 heavy (non-hydrogen) atoms. The number of nitrogens with one attached hydrogen (secondary N) is 1. The highest BCUT2D eigenvalue weighted by molar-refractivity contribution is 8.26. The summed E-state index contributed by atoms with van der Waals surface area (Å²) in [5.41, 5.74) is -3.02. The maximum atomic E-state index is 13.2. The predicted molar refractivity (Wildman–Crippen MR) is 146 cm³/mol. The SMILES string of the molecule is O=C(CN1C(=O)/C(=C/c2cc(-c3cc(C(F)(F)F)cc(C(F)(F)F)c3)cs2)SC1=S)NCC1CCC(C(=O)O)CC1. The number of nitrogens with zero attached hydrogens (tertiary/aromatic N) is 1. The molecule has 0 spiro atoms. The fourth-order valence-electron chi connectivity index (χ4n) is 4.54. The van der Waals surface area contributed by atoms with E-state index in [1.165, 1.54) is 17.5 Å². The lowest BCUT2D eigenvalue weighted by Gasteiger charge is -2.26. The summed E-state index contributed by atoms with van der Waals surface area (Å²) in [6.07, 6.45) is -6.12. The van der Waals surface area contributed by atoms with Gasteiger partial charge in [-0.25, -0.2) is 0 Å². The van der Waals surface area contributed by atoms with E-state index in [-0.39, 0.29) is 44.8 Å². The van der Waals surface area contributed by atoms with E-state index in [0.717, 1.165) is 28.0 Å². The normalized spacial score (nSPS) is 21.0. The van der Waals surface area contributed by atoms with Crippen molar-refractivity contribution >= 4 is 63.5 Å². The molecule has 1 saturated heterocycles. The third kappa shape index (κ3) is 7.68. The molecule has 1 aliphatic carbocycles. The molecule has 1 aliphatic heterocycles. The first kappa shape index (κ1) is 31.0. The van der Waals surface area contributed by atoms with Gasteiger partial charge in [-0.05, 0) is 78.4 Å². The van der Waals surface area contributed by atoms with Crippen molar-refractivity contribution in [2.24, 2.45) is 11.8 Å². The molecule has 1 aromatic carbocycles. The fourth-order valence-corrected chi connectivity index (χ4v) is 6.71. The van der Waals surface area contributed by atoms with Crippen LogP contribution in [0.2, 0.25) is 0 Å². The van der Waals surface area contributed by atoms with Crippen molar-refractivity contribution in [3.05, 3.63) is 50.6 Å². The van der Waals surface area contributed by atoms with Crippen LogP contribution in [0.15, 0.2) is 34.6 Å². The number of alkyl halides is 6. The van der Waals surface area contributed by atoms with Crippen LogP contribution in [-0.2, 0) is 26.7 Å². The van der Waals surface area contributed by atoms with E-state index in [9.17, 15) is 40.7 Å². The third-order valence-electron chi connectivity index (χ3n) is 6.77. The van der Waals surface area contributed by atoms with Crippen molar-refractivity contribution in [3.8, 4) is 11.1 Å². The molecule has 2 heterocycles. The van der Waals surface area contributed by atoms with Gasteiger partial charge in [0.15, 0.2) is 0 Å². The second-order valence-corrected chi connectivity index (χ2v) is 12.3. The Bertz CT molecular complexity index is 1360. The van der Waals surface area contributed by atoms with Crippen LogP contribution < -0.4 is 5.32 Å². The summed E-state index contributed by atoms with van der Waals surface area (Å²) < 4.78 is 79.6. The zero-order valence-corrected chi connectivity index (χ0v) is 23.4. The Labute approximate surface area is 243 Å². The third-order valence-corrected chi connectivity index (χ3v) is 9.03. The first-order valence-electron chi connectivity index (χ1n) is 12.2. The Hall–Kier alpha value is -2.91. The van der Waals surface area contributed by atoms with Gasteiger partial charge in [-0.3, -0.25) is 19.3 Å². The number of thiophene rings is 1. The van der Waals surface area contributed by atoms with Gasteiger partial charge < -0.3 is 10.4 Å². The van der Waals surface area contributed by atoms with E-state index in [0.29, 0.717) is 49.2 Å². The van der Waals surface area contributed by atoms with Gasteiger partial charge >= 0.3 is 18.3 Å². The molecule has 2 N–H and O–H groups in total. The Morgan fingerprint density at radius 3 is 2.17 bits per heavy atom. The highest BCUT2D eigenvalue weighted by Crippen LogP contribution is 2.40. The van der Waals surface area contributed by atoms with Crippen LogP contribution in [0.5, 0.6) is 0 Å². The number of carboxylic acid groups (broad SMARTS) is 1. The lowest BCUT2D eigenvalue weighted by molar-refractivity contribution is -0.144. The Kier molecular flexibility index (Phi) is 9.19. The van der Waals surface area contributed by atoms with Gasteiger partial charge in [0, 0.05) is 11.4 Å². The second kappa shape index (κ2) is 12.1. The number of carbonyl (C=O) groups is 3. The molecule has 6 nitrogen and oxygen atoms in total. The Morgan fingerprint density at radius 1 is 1.00 bits per heavy atom. The lowest BCUT2D eigenvalue weighted by Crippen LogP contribution is -2.41. The highest BCUT2D eigenvalue weighted by Gasteiger charge is 2.37. The van der Waals surface area contributed by atoms with Gasteiger partial charge in [-0.15, -0.1) is 11.3 Å². The summed E-state index contributed by atoms with van der Waals surface area (Å²) in [5.74, 6) is -2.04. The summed E-state index contributed by atoms with van der Waals surface area (Å²) in [6, 6.07) is 2.70. The number of carbonyl (C=O) groups excluding carboxylic acids is 2. The van der Waals surface area contributed by atoms with Crippen molar-refractivity contribution in [1.29, 1.82) is 0 Å². The lowest BCUT2D eigenvalue weighted by atomic mass is 9.82.